The Morgan fingerprint density at radius 1 is 1.24 bits per heavy atom. The summed E-state index contributed by atoms with van der Waals surface area (Å²) in [6.07, 6.45) is 0.952. The van der Waals surface area contributed by atoms with Gasteiger partial charge in [-0.15, -0.1) is 24.8 Å². The molecule has 2 aromatic rings. The van der Waals surface area contributed by atoms with Crippen LogP contribution in [-0.2, 0) is 4.74 Å². The summed E-state index contributed by atoms with van der Waals surface area (Å²) in [6, 6.07) is 9.63. The Balaban J connectivity index is 0.00000156. The van der Waals surface area contributed by atoms with Crippen molar-refractivity contribution < 1.29 is 9.53 Å². The minimum atomic E-state index is -0.0197. The monoisotopic (exact) mass is 385 g/mol. The average molecular weight is 386 g/mol. The second-order valence-corrected chi connectivity index (χ2v) is 5.89. The van der Waals surface area contributed by atoms with Gasteiger partial charge in [-0.25, -0.2) is 0 Å². The lowest BCUT2D eigenvalue weighted by molar-refractivity contribution is 0.0374. The summed E-state index contributed by atoms with van der Waals surface area (Å²) in [5, 5.41) is 3.94. The number of aryl methyl sites for hydroxylation is 1. The Bertz CT molecular complexity index is 691. The smallest absolute Gasteiger partial charge is 0.252 e. The van der Waals surface area contributed by atoms with E-state index < -0.39 is 0 Å². The van der Waals surface area contributed by atoms with Crippen molar-refractivity contribution in [1.82, 2.24) is 15.2 Å². The summed E-state index contributed by atoms with van der Waals surface area (Å²) < 4.78 is 5.34. The summed E-state index contributed by atoms with van der Waals surface area (Å²) >= 11 is 0. The van der Waals surface area contributed by atoms with Crippen LogP contribution in [0, 0.1) is 6.92 Å². The van der Waals surface area contributed by atoms with Crippen molar-refractivity contribution in [2.75, 3.05) is 39.4 Å². The van der Waals surface area contributed by atoms with Crippen LogP contribution in [0.15, 0.2) is 30.3 Å². The average Bonchev–Trinajstić information content (AvgIpc) is 2.58. The van der Waals surface area contributed by atoms with E-state index in [-0.39, 0.29) is 30.7 Å². The molecule has 1 aliphatic heterocycles. The van der Waals surface area contributed by atoms with Crippen molar-refractivity contribution in [1.29, 1.82) is 0 Å². The third-order valence-corrected chi connectivity index (χ3v) is 4.13. The molecule has 7 heteroatoms. The maximum atomic E-state index is 12.5. The molecule has 1 aromatic carbocycles. The highest BCUT2D eigenvalue weighted by molar-refractivity contribution is 6.06. The highest BCUT2D eigenvalue weighted by Gasteiger charge is 2.12. The van der Waals surface area contributed by atoms with Crippen LogP contribution >= 0.6 is 24.8 Å². The van der Waals surface area contributed by atoms with Crippen LogP contribution in [0.1, 0.15) is 22.5 Å². The molecule has 1 saturated heterocycles. The number of fused-ring (bicyclic) bond motifs is 1. The van der Waals surface area contributed by atoms with Crippen LogP contribution < -0.4 is 5.32 Å². The number of morpholine rings is 1. The number of ether oxygens (including phenoxy) is 1. The lowest BCUT2D eigenvalue weighted by Crippen LogP contribution is -2.38. The Labute approximate surface area is 161 Å². The maximum absolute atomic E-state index is 12.5. The van der Waals surface area contributed by atoms with Crippen molar-refractivity contribution in [3.05, 3.63) is 41.6 Å². The summed E-state index contributed by atoms with van der Waals surface area (Å²) in [7, 11) is 0. The predicted molar refractivity (Wildman–Crippen MR) is 105 cm³/mol. The van der Waals surface area contributed by atoms with Crippen LogP contribution in [0.3, 0.4) is 0 Å². The number of para-hydroxylation sites is 1. The number of aromatic nitrogens is 1. The SMILES string of the molecule is Cc1cc(C(=O)NCCCN2CCOCC2)c2ccccc2n1.Cl.Cl. The van der Waals surface area contributed by atoms with E-state index in [9.17, 15) is 4.79 Å². The van der Waals surface area contributed by atoms with Gasteiger partial charge in [0.15, 0.2) is 0 Å². The first-order chi connectivity index (χ1) is 11.2. The Morgan fingerprint density at radius 2 is 1.96 bits per heavy atom. The van der Waals surface area contributed by atoms with Gasteiger partial charge >= 0.3 is 0 Å². The second-order valence-electron chi connectivity index (χ2n) is 5.89. The first-order valence-corrected chi connectivity index (χ1v) is 8.19. The van der Waals surface area contributed by atoms with Gasteiger partial charge in [0.05, 0.1) is 24.3 Å². The van der Waals surface area contributed by atoms with E-state index in [2.05, 4.69) is 15.2 Å². The van der Waals surface area contributed by atoms with Gasteiger partial charge < -0.3 is 10.1 Å². The lowest BCUT2D eigenvalue weighted by Gasteiger charge is -2.26. The summed E-state index contributed by atoms with van der Waals surface area (Å²) in [5.74, 6) is -0.0197. The number of hydrogen-bond donors (Lipinski definition) is 1. The van der Waals surface area contributed by atoms with Crippen molar-refractivity contribution in [2.24, 2.45) is 0 Å². The highest BCUT2D eigenvalue weighted by atomic mass is 35.5. The van der Waals surface area contributed by atoms with Crippen LogP contribution in [0.2, 0.25) is 0 Å². The van der Waals surface area contributed by atoms with Gasteiger partial charge in [0.1, 0.15) is 0 Å². The van der Waals surface area contributed by atoms with Gasteiger partial charge in [-0.05, 0) is 32.0 Å². The minimum Gasteiger partial charge on any atom is -0.379 e. The third kappa shape index (κ3) is 5.82. The van der Waals surface area contributed by atoms with E-state index in [1.54, 1.807) is 0 Å². The van der Waals surface area contributed by atoms with E-state index in [1.807, 2.05) is 37.3 Å². The largest absolute Gasteiger partial charge is 0.379 e. The van der Waals surface area contributed by atoms with E-state index >= 15 is 0 Å². The van der Waals surface area contributed by atoms with E-state index in [0.29, 0.717) is 12.1 Å². The molecule has 1 aliphatic rings. The Hall–Kier alpha value is -1.40. The lowest BCUT2D eigenvalue weighted by atomic mass is 10.1. The molecule has 0 aliphatic carbocycles. The highest BCUT2D eigenvalue weighted by Crippen LogP contribution is 2.18. The number of halogens is 2. The quantitative estimate of drug-likeness (QED) is 0.803. The van der Waals surface area contributed by atoms with Gasteiger partial charge in [-0.3, -0.25) is 14.7 Å². The van der Waals surface area contributed by atoms with Crippen molar-refractivity contribution in [2.45, 2.75) is 13.3 Å². The molecule has 2 heterocycles. The van der Waals surface area contributed by atoms with Gasteiger partial charge in [0.25, 0.3) is 5.91 Å². The van der Waals surface area contributed by atoms with Crippen molar-refractivity contribution in [3.63, 3.8) is 0 Å². The molecule has 0 radical (unpaired) electrons. The zero-order valence-electron chi connectivity index (χ0n) is 14.4. The van der Waals surface area contributed by atoms with E-state index in [1.165, 1.54) is 0 Å². The first kappa shape index (κ1) is 21.6. The first-order valence-electron chi connectivity index (χ1n) is 8.19. The summed E-state index contributed by atoms with van der Waals surface area (Å²) in [5.41, 5.74) is 2.44. The molecule has 138 valence electrons. The number of carbonyl (C=O) groups excluding carboxylic acids is 1. The summed E-state index contributed by atoms with van der Waals surface area (Å²) in [6.45, 7) is 7.21. The molecular weight excluding hydrogens is 361 g/mol. The fourth-order valence-corrected chi connectivity index (χ4v) is 2.92. The molecule has 3 rings (SSSR count). The number of pyridine rings is 1. The van der Waals surface area contributed by atoms with Gasteiger partial charge in [0.2, 0.25) is 0 Å². The number of hydrogen-bond acceptors (Lipinski definition) is 4. The molecule has 1 aromatic heterocycles. The van der Waals surface area contributed by atoms with Gasteiger partial charge in [-0.1, -0.05) is 18.2 Å². The standard InChI is InChI=1S/C18H23N3O2.2ClH/c1-14-13-16(15-5-2-3-6-17(15)20-14)18(22)19-7-4-8-21-9-11-23-12-10-21;;/h2-3,5-6,13H,4,7-12H2,1H3,(H,19,22);2*1H. The van der Waals surface area contributed by atoms with Crippen molar-refractivity contribution in [3.8, 4) is 0 Å². The van der Waals surface area contributed by atoms with Crippen LogP contribution in [0.25, 0.3) is 10.9 Å². The Kier molecular flexibility index (Phi) is 9.14. The number of carbonyl (C=O) groups is 1. The molecule has 0 spiro atoms. The van der Waals surface area contributed by atoms with E-state index in [4.69, 9.17) is 4.74 Å². The molecule has 1 fully saturated rings. The van der Waals surface area contributed by atoms with Crippen molar-refractivity contribution >= 4 is 41.6 Å². The normalized spacial score (nSPS) is 14.4. The molecule has 5 nitrogen and oxygen atoms in total. The topological polar surface area (TPSA) is 54.5 Å². The summed E-state index contributed by atoms with van der Waals surface area (Å²) in [4.78, 5) is 19.3. The molecular formula is C18H25Cl2N3O2. The zero-order valence-corrected chi connectivity index (χ0v) is 16.0. The molecule has 1 N–H and O–H groups in total. The van der Waals surface area contributed by atoms with Crippen LogP contribution in [0.4, 0.5) is 0 Å². The van der Waals surface area contributed by atoms with Gasteiger partial charge in [0, 0.05) is 30.7 Å². The molecule has 0 saturated carbocycles. The molecule has 1 amide bonds. The number of nitrogens with one attached hydrogen (secondary N) is 1. The van der Waals surface area contributed by atoms with Crippen LogP contribution in [-0.4, -0.2) is 55.2 Å². The van der Waals surface area contributed by atoms with E-state index in [0.717, 1.165) is 55.9 Å². The minimum absolute atomic E-state index is 0. The number of rotatable bonds is 5. The number of benzene rings is 1. The number of amides is 1. The second kappa shape index (κ2) is 10.6. The molecule has 0 atom stereocenters. The predicted octanol–water partition coefficient (Wildman–Crippen LogP) is 2.84. The number of nitrogens with zero attached hydrogens (tertiary/aromatic N) is 2. The Morgan fingerprint density at radius 3 is 2.72 bits per heavy atom. The third-order valence-electron chi connectivity index (χ3n) is 4.13. The maximum Gasteiger partial charge on any atom is 0.252 e. The van der Waals surface area contributed by atoms with Crippen LogP contribution in [0.5, 0.6) is 0 Å². The zero-order chi connectivity index (χ0) is 16.1. The molecule has 0 bridgehead atoms. The fourth-order valence-electron chi connectivity index (χ4n) is 2.92. The molecule has 25 heavy (non-hydrogen) atoms. The fraction of sp³-hybridized carbons (Fsp3) is 0.444. The molecule has 0 unspecified atom stereocenters. The van der Waals surface area contributed by atoms with Gasteiger partial charge in [-0.2, -0.15) is 0 Å².